The Morgan fingerprint density at radius 3 is 2.52 bits per heavy atom. The van der Waals surface area contributed by atoms with E-state index in [1.165, 1.54) is 27.9 Å². The number of benzene rings is 3. The molecule has 0 saturated heterocycles. The summed E-state index contributed by atoms with van der Waals surface area (Å²) in [4.78, 5) is 15.2. The number of anilines is 1. The predicted octanol–water partition coefficient (Wildman–Crippen LogP) is 5.06. The SMILES string of the molecule is O=C(NC1CCCc2ccccc21)c1ccc(CN2CCc3ccccc32)cc1. The average molecular weight is 383 g/mol. The van der Waals surface area contributed by atoms with Gasteiger partial charge in [-0.3, -0.25) is 4.79 Å². The number of carbonyl (C=O) groups excluding carboxylic acids is 1. The van der Waals surface area contributed by atoms with E-state index in [0.717, 1.165) is 44.3 Å². The number of nitrogens with zero attached hydrogens (tertiary/aromatic N) is 1. The van der Waals surface area contributed by atoms with Crippen LogP contribution in [-0.2, 0) is 19.4 Å². The molecule has 1 heterocycles. The van der Waals surface area contributed by atoms with Crippen molar-refractivity contribution in [1.82, 2.24) is 5.32 Å². The number of para-hydroxylation sites is 1. The van der Waals surface area contributed by atoms with E-state index in [2.05, 4.69) is 70.9 Å². The first kappa shape index (κ1) is 18.0. The Labute approximate surface area is 172 Å². The fraction of sp³-hybridized carbons (Fsp3) is 0.269. The largest absolute Gasteiger partial charge is 0.367 e. The van der Waals surface area contributed by atoms with Gasteiger partial charge >= 0.3 is 0 Å². The predicted molar refractivity (Wildman–Crippen MR) is 117 cm³/mol. The lowest BCUT2D eigenvalue weighted by Crippen LogP contribution is -2.31. The van der Waals surface area contributed by atoms with Crippen molar-refractivity contribution in [2.45, 2.75) is 38.3 Å². The molecule has 3 heteroatoms. The second-order valence-corrected chi connectivity index (χ2v) is 8.11. The van der Waals surface area contributed by atoms with Gasteiger partial charge in [0.1, 0.15) is 0 Å². The summed E-state index contributed by atoms with van der Waals surface area (Å²) in [5.74, 6) is 0.0183. The Kier molecular flexibility index (Phi) is 4.81. The van der Waals surface area contributed by atoms with Crippen molar-refractivity contribution < 1.29 is 4.79 Å². The number of hydrogen-bond donors (Lipinski definition) is 1. The normalized spacial score (nSPS) is 17.5. The molecule has 3 aromatic carbocycles. The van der Waals surface area contributed by atoms with Gasteiger partial charge in [0, 0.05) is 24.3 Å². The number of nitrogens with one attached hydrogen (secondary N) is 1. The van der Waals surface area contributed by atoms with Crippen molar-refractivity contribution in [3.8, 4) is 0 Å². The third kappa shape index (κ3) is 3.65. The molecule has 0 saturated carbocycles. The van der Waals surface area contributed by atoms with Crippen LogP contribution in [-0.4, -0.2) is 12.5 Å². The van der Waals surface area contributed by atoms with Gasteiger partial charge in [0.15, 0.2) is 0 Å². The van der Waals surface area contributed by atoms with E-state index < -0.39 is 0 Å². The van der Waals surface area contributed by atoms with Gasteiger partial charge in [0.25, 0.3) is 5.91 Å². The van der Waals surface area contributed by atoms with Crippen LogP contribution in [0.4, 0.5) is 5.69 Å². The molecule has 1 amide bonds. The Bertz CT molecular complexity index is 1020. The summed E-state index contributed by atoms with van der Waals surface area (Å²) in [6.45, 7) is 1.94. The van der Waals surface area contributed by atoms with Gasteiger partial charge in [0.05, 0.1) is 6.04 Å². The molecule has 0 radical (unpaired) electrons. The van der Waals surface area contributed by atoms with Gasteiger partial charge in [-0.25, -0.2) is 0 Å². The van der Waals surface area contributed by atoms with E-state index in [-0.39, 0.29) is 11.9 Å². The van der Waals surface area contributed by atoms with Crippen LogP contribution in [0.25, 0.3) is 0 Å². The molecule has 0 bridgehead atoms. The van der Waals surface area contributed by atoms with E-state index in [1.54, 1.807) is 0 Å². The van der Waals surface area contributed by atoms with Gasteiger partial charge in [-0.15, -0.1) is 0 Å². The highest BCUT2D eigenvalue weighted by Crippen LogP contribution is 2.30. The Hall–Kier alpha value is -3.07. The van der Waals surface area contributed by atoms with Crippen LogP contribution in [0.1, 0.15) is 51.5 Å². The zero-order chi connectivity index (χ0) is 19.6. The van der Waals surface area contributed by atoms with E-state index in [4.69, 9.17) is 0 Å². The molecule has 1 aliphatic carbocycles. The molecule has 0 spiro atoms. The van der Waals surface area contributed by atoms with Crippen molar-refractivity contribution in [2.24, 2.45) is 0 Å². The number of aryl methyl sites for hydroxylation is 1. The van der Waals surface area contributed by atoms with Crippen LogP contribution in [0.3, 0.4) is 0 Å². The number of hydrogen-bond acceptors (Lipinski definition) is 2. The Balaban J connectivity index is 1.26. The molecule has 2 aliphatic rings. The van der Waals surface area contributed by atoms with Crippen LogP contribution in [0.15, 0.2) is 72.8 Å². The van der Waals surface area contributed by atoms with Gasteiger partial charge < -0.3 is 10.2 Å². The molecule has 5 rings (SSSR count). The summed E-state index contributed by atoms with van der Waals surface area (Å²) in [6, 6.07) is 25.3. The van der Waals surface area contributed by atoms with Crippen molar-refractivity contribution in [3.63, 3.8) is 0 Å². The maximum Gasteiger partial charge on any atom is 0.251 e. The van der Waals surface area contributed by atoms with Crippen LogP contribution in [0.5, 0.6) is 0 Å². The molecule has 3 nitrogen and oxygen atoms in total. The molecule has 1 N–H and O–H groups in total. The lowest BCUT2D eigenvalue weighted by atomic mass is 9.87. The van der Waals surface area contributed by atoms with Crippen molar-refractivity contribution in [3.05, 3.63) is 101 Å². The van der Waals surface area contributed by atoms with Crippen molar-refractivity contribution in [1.29, 1.82) is 0 Å². The summed E-state index contributed by atoms with van der Waals surface area (Å²) < 4.78 is 0. The number of rotatable bonds is 4. The highest BCUT2D eigenvalue weighted by molar-refractivity contribution is 5.94. The molecular formula is C26H26N2O. The standard InChI is InChI=1S/C26H26N2O/c29-26(27-24-10-5-8-20-6-1-3-9-23(20)24)22-14-12-19(13-15-22)18-28-17-16-21-7-2-4-11-25(21)28/h1-4,6-7,9,11-15,24H,5,8,10,16-18H2,(H,27,29). The highest BCUT2D eigenvalue weighted by Gasteiger charge is 2.22. The zero-order valence-electron chi connectivity index (χ0n) is 16.6. The quantitative estimate of drug-likeness (QED) is 0.684. The lowest BCUT2D eigenvalue weighted by molar-refractivity contribution is 0.0932. The Morgan fingerprint density at radius 2 is 1.66 bits per heavy atom. The topological polar surface area (TPSA) is 32.3 Å². The van der Waals surface area contributed by atoms with Crippen molar-refractivity contribution in [2.75, 3.05) is 11.4 Å². The summed E-state index contributed by atoms with van der Waals surface area (Å²) in [5.41, 5.74) is 7.38. The molecule has 146 valence electrons. The molecule has 0 fully saturated rings. The average Bonchev–Trinajstić information content (AvgIpc) is 3.17. The van der Waals surface area contributed by atoms with E-state index in [0.29, 0.717) is 0 Å². The zero-order valence-corrected chi connectivity index (χ0v) is 16.6. The summed E-state index contributed by atoms with van der Waals surface area (Å²) in [7, 11) is 0. The number of amides is 1. The third-order valence-corrected chi connectivity index (χ3v) is 6.25. The monoisotopic (exact) mass is 382 g/mol. The maximum absolute atomic E-state index is 12.8. The van der Waals surface area contributed by atoms with Crippen molar-refractivity contribution >= 4 is 11.6 Å². The Morgan fingerprint density at radius 1 is 0.897 bits per heavy atom. The second-order valence-electron chi connectivity index (χ2n) is 8.11. The molecule has 29 heavy (non-hydrogen) atoms. The molecular weight excluding hydrogens is 356 g/mol. The molecule has 1 aliphatic heterocycles. The molecule has 0 aromatic heterocycles. The lowest BCUT2D eigenvalue weighted by Gasteiger charge is -2.26. The summed E-state index contributed by atoms with van der Waals surface area (Å²) in [6.07, 6.45) is 4.35. The minimum Gasteiger partial charge on any atom is -0.367 e. The minimum absolute atomic E-state index is 0.0183. The molecule has 1 atom stereocenters. The summed E-state index contributed by atoms with van der Waals surface area (Å²) >= 11 is 0. The smallest absolute Gasteiger partial charge is 0.251 e. The fourth-order valence-corrected chi connectivity index (χ4v) is 4.70. The minimum atomic E-state index is 0.0183. The van der Waals surface area contributed by atoms with Crippen LogP contribution >= 0.6 is 0 Å². The molecule has 1 unspecified atom stereocenters. The first-order valence-electron chi connectivity index (χ1n) is 10.6. The van der Waals surface area contributed by atoms with E-state index in [1.807, 2.05) is 12.1 Å². The van der Waals surface area contributed by atoms with E-state index >= 15 is 0 Å². The van der Waals surface area contributed by atoms with Gasteiger partial charge in [-0.05, 0) is 66.1 Å². The third-order valence-electron chi connectivity index (χ3n) is 6.25. The second kappa shape index (κ2) is 7.75. The number of carbonyl (C=O) groups is 1. The van der Waals surface area contributed by atoms with Crippen LogP contribution < -0.4 is 10.2 Å². The summed E-state index contributed by atoms with van der Waals surface area (Å²) in [5, 5.41) is 3.25. The van der Waals surface area contributed by atoms with Gasteiger partial charge in [-0.1, -0.05) is 54.6 Å². The van der Waals surface area contributed by atoms with Gasteiger partial charge in [0.2, 0.25) is 0 Å². The van der Waals surface area contributed by atoms with Crippen LogP contribution in [0, 0.1) is 0 Å². The fourth-order valence-electron chi connectivity index (χ4n) is 4.70. The first-order valence-corrected chi connectivity index (χ1v) is 10.6. The maximum atomic E-state index is 12.8. The van der Waals surface area contributed by atoms with E-state index in [9.17, 15) is 4.79 Å². The first-order chi connectivity index (χ1) is 14.3. The highest BCUT2D eigenvalue weighted by atomic mass is 16.1. The molecule has 3 aromatic rings. The van der Waals surface area contributed by atoms with Crippen LogP contribution in [0.2, 0.25) is 0 Å². The van der Waals surface area contributed by atoms with Gasteiger partial charge in [-0.2, -0.15) is 0 Å². The number of fused-ring (bicyclic) bond motifs is 2.